The first-order chi connectivity index (χ1) is 9.33. The van der Waals surface area contributed by atoms with Crippen LogP contribution in [0.1, 0.15) is 31.9 Å². The number of alkyl carbamates (subject to hydrolysis) is 1. The van der Waals surface area contributed by atoms with Crippen molar-refractivity contribution in [3.05, 3.63) is 29.3 Å². The molecule has 0 spiro atoms. The van der Waals surface area contributed by atoms with Gasteiger partial charge in [-0.05, 0) is 38.0 Å². The third kappa shape index (κ3) is 3.88. The van der Waals surface area contributed by atoms with Crippen LogP contribution in [0.4, 0.5) is 15.3 Å². The Labute approximate surface area is 117 Å². The lowest BCUT2D eigenvalue weighted by Gasteiger charge is -2.21. The van der Waals surface area contributed by atoms with E-state index < -0.39 is 11.7 Å². The van der Waals surface area contributed by atoms with Crippen molar-refractivity contribution in [2.24, 2.45) is 0 Å². The number of anilines is 1. The molecule has 0 unspecified atom stereocenters. The molecule has 3 amide bonds. The van der Waals surface area contributed by atoms with E-state index in [9.17, 15) is 9.59 Å². The zero-order chi connectivity index (χ0) is 14.8. The van der Waals surface area contributed by atoms with E-state index in [1.807, 2.05) is 39.0 Å². The molecule has 108 valence electrons. The Morgan fingerprint density at radius 2 is 2.15 bits per heavy atom. The number of urea groups is 1. The quantitative estimate of drug-likeness (QED) is 0.776. The summed E-state index contributed by atoms with van der Waals surface area (Å²) in [5.74, 6) is 0. The predicted molar refractivity (Wildman–Crippen MR) is 75.4 cm³/mol. The predicted octanol–water partition coefficient (Wildman–Crippen LogP) is 2.35. The normalized spacial score (nSPS) is 13.8. The Balaban J connectivity index is 1.96. The van der Waals surface area contributed by atoms with Gasteiger partial charge >= 0.3 is 12.1 Å². The van der Waals surface area contributed by atoms with E-state index in [0.717, 1.165) is 16.8 Å². The Morgan fingerprint density at radius 3 is 2.85 bits per heavy atom. The first kappa shape index (κ1) is 14.2. The van der Waals surface area contributed by atoms with E-state index >= 15 is 0 Å². The molecule has 0 atom stereocenters. The molecule has 3 N–H and O–H groups in total. The van der Waals surface area contributed by atoms with Crippen molar-refractivity contribution < 1.29 is 14.3 Å². The lowest BCUT2D eigenvalue weighted by atomic mass is 10.1. The molecule has 2 rings (SSSR count). The average Bonchev–Trinajstić information content (AvgIpc) is 2.33. The van der Waals surface area contributed by atoms with Gasteiger partial charge < -0.3 is 20.7 Å². The molecule has 6 heteroatoms. The fraction of sp³-hybridized carbons (Fsp3) is 0.429. The van der Waals surface area contributed by atoms with E-state index in [1.165, 1.54) is 0 Å². The van der Waals surface area contributed by atoms with Crippen LogP contribution in [0.3, 0.4) is 0 Å². The van der Waals surface area contributed by atoms with Gasteiger partial charge in [0.25, 0.3) is 0 Å². The van der Waals surface area contributed by atoms with Gasteiger partial charge in [-0.3, -0.25) is 0 Å². The minimum atomic E-state index is -0.514. The number of benzene rings is 1. The topological polar surface area (TPSA) is 79.5 Å². The molecule has 0 aromatic heterocycles. The van der Waals surface area contributed by atoms with Crippen LogP contribution in [-0.2, 0) is 17.8 Å². The van der Waals surface area contributed by atoms with Gasteiger partial charge in [0.2, 0.25) is 0 Å². The van der Waals surface area contributed by atoms with E-state index in [1.54, 1.807) is 0 Å². The zero-order valence-electron chi connectivity index (χ0n) is 11.9. The number of hydrogen-bond donors (Lipinski definition) is 3. The van der Waals surface area contributed by atoms with Crippen LogP contribution in [0, 0.1) is 0 Å². The summed E-state index contributed by atoms with van der Waals surface area (Å²) in [5.41, 5.74) is 2.18. The molecule has 1 aromatic carbocycles. The van der Waals surface area contributed by atoms with Gasteiger partial charge in [0.15, 0.2) is 0 Å². The van der Waals surface area contributed by atoms with Crippen LogP contribution in [0.2, 0.25) is 0 Å². The van der Waals surface area contributed by atoms with Gasteiger partial charge in [0.05, 0.1) is 0 Å². The van der Waals surface area contributed by atoms with E-state index in [2.05, 4.69) is 16.0 Å². The number of rotatable bonds is 2. The molecule has 0 radical (unpaired) electrons. The fourth-order valence-corrected chi connectivity index (χ4v) is 1.83. The van der Waals surface area contributed by atoms with Crippen LogP contribution in [0.25, 0.3) is 0 Å². The van der Waals surface area contributed by atoms with Crippen molar-refractivity contribution in [1.29, 1.82) is 0 Å². The Kier molecular flexibility index (Phi) is 3.83. The summed E-state index contributed by atoms with van der Waals surface area (Å²) in [7, 11) is 0. The van der Waals surface area contributed by atoms with Crippen LogP contribution >= 0.6 is 0 Å². The second-order valence-electron chi connectivity index (χ2n) is 5.65. The molecule has 0 bridgehead atoms. The van der Waals surface area contributed by atoms with Gasteiger partial charge in [0, 0.05) is 18.8 Å². The highest BCUT2D eigenvalue weighted by Gasteiger charge is 2.17. The zero-order valence-corrected chi connectivity index (χ0v) is 11.9. The second kappa shape index (κ2) is 5.40. The standard InChI is InChI=1S/C14H19N3O3/c1-14(2,3)20-13(19)16-7-9-4-5-10-8-15-12(18)17-11(10)6-9/h4-6H,7-8H2,1-3H3,(H,16,19)(H2,15,17,18). The lowest BCUT2D eigenvalue weighted by molar-refractivity contribution is 0.0523. The molecule has 0 saturated carbocycles. The first-order valence-electron chi connectivity index (χ1n) is 6.47. The van der Waals surface area contributed by atoms with Crippen LogP contribution in [-0.4, -0.2) is 17.7 Å². The molecule has 1 aliphatic heterocycles. The summed E-state index contributed by atoms with van der Waals surface area (Å²) < 4.78 is 5.16. The number of nitrogens with one attached hydrogen (secondary N) is 3. The second-order valence-corrected chi connectivity index (χ2v) is 5.65. The van der Waals surface area contributed by atoms with Crippen molar-refractivity contribution in [2.75, 3.05) is 5.32 Å². The van der Waals surface area contributed by atoms with Gasteiger partial charge in [-0.1, -0.05) is 12.1 Å². The molecule has 1 aromatic rings. The summed E-state index contributed by atoms with van der Waals surface area (Å²) in [4.78, 5) is 22.8. The van der Waals surface area contributed by atoms with E-state index in [0.29, 0.717) is 13.1 Å². The van der Waals surface area contributed by atoms with Crippen LogP contribution < -0.4 is 16.0 Å². The number of fused-ring (bicyclic) bond motifs is 1. The molecule has 0 saturated heterocycles. The third-order valence-electron chi connectivity index (χ3n) is 2.70. The van der Waals surface area contributed by atoms with Gasteiger partial charge in [-0.2, -0.15) is 0 Å². The molecular weight excluding hydrogens is 258 g/mol. The highest BCUT2D eigenvalue weighted by molar-refractivity contribution is 5.92. The lowest BCUT2D eigenvalue weighted by Crippen LogP contribution is -2.34. The van der Waals surface area contributed by atoms with Crippen molar-refractivity contribution >= 4 is 17.8 Å². The third-order valence-corrected chi connectivity index (χ3v) is 2.70. The SMILES string of the molecule is CC(C)(C)OC(=O)NCc1ccc2c(c1)NC(=O)NC2. The van der Waals surface area contributed by atoms with Gasteiger partial charge in [0.1, 0.15) is 5.60 Å². The van der Waals surface area contributed by atoms with E-state index in [4.69, 9.17) is 4.74 Å². The highest BCUT2D eigenvalue weighted by Crippen LogP contribution is 2.20. The molecule has 20 heavy (non-hydrogen) atoms. The van der Waals surface area contributed by atoms with Crippen LogP contribution in [0.15, 0.2) is 18.2 Å². The number of hydrogen-bond acceptors (Lipinski definition) is 3. The number of carbonyl (C=O) groups is 2. The highest BCUT2D eigenvalue weighted by atomic mass is 16.6. The molecule has 0 aliphatic carbocycles. The summed E-state index contributed by atoms with van der Waals surface area (Å²) in [6.45, 7) is 6.31. The molecule has 1 aliphatic rings. The van der Waals surface area contributed by atoms with Gasteiger partial charge in [-0.15, -0.1) is 0 Å². The van der Waals surface area contributed by atoms with Crippen LogP contribution in [0.5, 0.6) is 0 Å². The molecule has 6 nitrogen and oxygen atoms in total. The molecular formula is C14H19N3O3. The minimum Gasteiger partial charge on any atom is -0.444 e. The number of ether oxygens (including phenoxy) is 1. The maximum atomic E-state index is 11.6. The van der Waals surface area contributed by atoms with Crippen molar-refractivity contribution in [3.8, 4) is 0 Å². The maximum absolute atomic E-state index is 11.6. The Hall–Kier alpha value is -2.24. The van der Waals surface area contributed by atoms with Crippen molar-refractivity contribution in [1.82, 2.24) is 10.6 Å². The number of carbonyl (C=O) groups excluding carboxylic acids is 2. The Bertz CT molecular complexity index is 535. The fourth-order valence-electron chi connectivity index (χ4n) is 1.83. The average molecular weight is 277 g/mol. The minimum absolute atomic E-state index is 0.213. The van der Waals surface area contributed by atoms with Crippen molar-refractivity contribution in [3.63, 3.8) is 0 Å². The first-order valence-corrected chi connectivity index (χ1v) is 6.47. The summed E-state index contributed by atoms with van der Waals surface area (Å²) in [6.07, 6.45) is -0.457. The van der Waals surface area contributed by atoms with Crippen molar-refractivity contribution in [2.45, 2.75) is 39.5 Å². The smallest absolute Gasteiger partial charge is 0.407 e. The maximum Gasteiger partial charge on any atom is 0.407 e. The number of amides is 3. The van der Waals surface area contributed by atoms with Gasteiger partial charge in [-0.25, -0.2) is 9.59 Å². The monoisotopic (exact) mass is 277 g/mol. The van der Waals surface area contributed by atoms with E-state index in [-0.39, 0.29) is 6.03 Å². The summed E-state index contributed by atoms with van der Waals surface area (Å²) in [6, 6.07) is 5.48. The summed E-state index contributed by atoms with van der Waals surface area (Å²) in [5, 5.41) is 8.11. The largest absolute Gasteiger partial charge is 0.444 e. The Morgan fingerprint density at radius 1 is 1.40 bits per heavy atom. The summed E-state index contributed by atoms with van der Waals surface area (Å²) >= 11 is 0. The molecule has 1 heterocycles. The molecule has 0 fully saturated rings.